The SMILES string of the molecule is O=C(O)c1cccc2cc(-c3ccccc3)cnc12. The Morgan fingerprint density at radius 1 is 0.947 bits per heavy atom. The lowest BCUT2D eigenvalue weighted by Gasteiger charge is -2.05. The van der Waals surface area contributed by atoms with Crippen LogP contribution in [0.15, 0.2) is 60.8 Å². The third kappa shape index (κ3) is 2.06. The molecule has 1 N–H and O–H groups in total. The van der Waals surface area contributed by atoms with E-state index in [0.29, 0.717) is 5.52 Å². The third-order valence-electron chi connectivity index (χ3n) is 3.05. The van der Waals surface area contributed by atoms with Crippen molar-refractivity contribution in [3.8, 4) is 11.1 Å². The molecule has 0 bridgehead atoms. The number of carboxylic acids is 1. The molecule has 3 rings (SSSR count). The molecule has 1 aromatic heterocycles. The van der Waals surface area contributed by atoms with Crippen molar-refractivity contribution in [2.24, 2.45) is 0 Å². The molecule has 0 spiro atoms. The molecular weight excluding hydrogens is 238 g/mol. The van der Waals surface area contributed by atoms with Gasteiger partial charge in [0, 0.05) is 17.1 Å². The van der Waals surface area contributed by atoms with Crippen molar-refractivity contribution in [2.45, 2.75) is 0 Å². The number of hydrogen-bond donors (Lipinski definition) is 1. The molecule has 2 aromatic carbocycles. The second-order valence-electron chi connectivity index (χ2n) is 4.27. The summed E-state index contributed by atoms with van der Waals surface area (Å²) in [6, 6.07) is 17.0. The summed E-state index contributed by atoms with van der Waals surface area (Å²) in [6.45, 7) is 0. The van der Waals surface area contributed by atoms with Crippen molar-refractivity contribution in [2.75, 3.05) is 0 Å². The predicted molar refractivity (Wildman–Crippen MR) is 74.1 cm³/mol. The van der Waals surface area contributed by atoms with Gasteiger partial charge < -0.3 is 5.11 Å². The summed E-state index contributed by atoms with van der Waals surface area (Å²) in [7, 11) is 0. The molecule has 0 aliphatic carbocycles. The number of aromatic nitrogens is 1. The zero-order chi connectivity index (χ0) is 13.2. The summed E-state index contributed by atoms with van der Waals surface area (Å²) in [5.74, 6) is -0.953. The van der Waals surface area contributed by atoms with E-state index in [1.807, 2.05) is 42.5 Å². The minimum absolute atomic E-state index is 0.233. The van der Waals surface area contributed by atoms with Crippen molar-refractivity contribution in [3.05, 3.63) is 66.4 Å². The highest BCUT2D eigenvalue weighted by Crippen LogP contribution is 2.24. The lowest BCUT2D eigenvalue weighted by molar-refractivity contribution is 0.0699. The number of fused-ring (bicyclic) bond motifs is 1. The van der Waals surface area contributed by atoms with E-state index in [-0.39, 0.29) is 5.56 Å². The van der Waals surface area contributed by atoms with Gasteiger partial charge in [-0.3, -0.25) is 4.98 Å². The van der Waals surface area contributed by atoms with Gasteiger partial charge in [0.25, 0.3) is 0 Å². The van der Waals surface area contributed by atoms with Crippen LogP contribution in [0.1, 0.15) is 10.4 Å². The number of carboxylic acid groups (broad SMARTS) is 1. The van der Waals surface area contributed by atoms with Crippen LogP contribution in [0, 0.1) is 0 Å². The van der Waals surface area contributed by atoms with Gasteiger partial charge >= 0.3 is 5.97 Å². The molecule has 0 radical (unpaired) electrons. The number of pyridine rings is 1. The fourth-order valence-corrected chi connectivity index (χ4v) is 2.12. The fraction of sp³-hybridized carbons (Fsp3) is 0. The molecule has 3 aromatic rings. The lowest BCUT2D eigenvalue weighted by atomic mass is 10.0. The Kier molecular flexibility index (Phi) is 2.72. The van der Waals surface area contributed by atoms with E-state index in [4.69, 9.17) is 5.11 Å². The number of rotatable bonds is 2. The molecular formula is C16H11NO2. The van der Waals surface area contributed by atoms with E-state index < -0.39 is 5.97 Å². The van der Waals surface area contributed by atoms with Crippen molar-refractivity contribution in [1.29, 1.82) is 0 Å². The summed E-state index contributed by atoms with van der Waals surface area (Å²) >= 11 is 0. The van der Waals surface area contributed by atoms with Crippen molar-refractivity contribution < 1.29 is 9.90 Å². The number of para-hydroxylation sites is 1. The van der Waals surface area contributed by atoms with Gasteiger partial charge in [0.1, 0.15) is 0 Å². The van der Waals surface area contributed by atoms with Gasteiger partial charge in [-0.05, 0) is 17.7 Å². The Morgan fingerprint density at radius 2 is 1.74 bits per heavy atom. The van der Waals surface area contributed by atoms with Crippen LogP contribution in [0.4, 0.5) is 0 Å². The normalized spacial score (nSPS) is 10.5. The molecule has 3 nitrogen and oxygen atoms in total. The molecule has 3 heteroatoms. The number of carbonyl (C=O) groups is 1. The van der Waals surface area contributed by atoms with Crippen LogP contribution < -0.4 is 0 Å². The molecule has 92 valence electrons. The van der Waals surface area contributed by atoms with Crippen LogP contribution in [0.2, 0.25) is 0 Å². The van der Waals surface area contributed by atoms with Crippen molar-refractivity contribution >= 4 is 16.9 Å². The van der Waals surface area contributed by atoms with E-state index >= 15 is 0 Å². The maximum absolute atomic E-state index is 11.1. The number of hydrogen-bond acceptors (Lipinski definition) is 2. The summed E-state index contributed by atoms with van der Waals surface area (Å²) in [5, 5.41) is 9.96. The minimum Gasteiger partial charge on any atom is -0.478 e. The molecule has 0 saturated carbocycles. The van der Waals surface area contributed by atoms with Crippen LogP contribution >= 0.6 is 0 Å². The summed E-state index contributed by atoms with van der Waals surface area (Å²) in [6.07, 6.45) is 1.71. The molecule has 1 heterocycles. The summed E-state index contributed by atoms with van der Waals surface area (Å²) in [5.41, 5.74) is 2.81. The average molecular weight is 249 g/mol. The minimum atomic E-state index is -0.953. The quantitative estimate of drug-likeness (QED) is 0.754. The Balaban J connectivity index is 2.20. The van der Waals surface area contributed by atoms with E-state index in [0.717, 1.165) is 16.5 Å². The maximum atomic E-state index is 11.1. The monoisotopic (exact) mass is 249 g/mol. The number of aromatic carboxylic acids is 1. The average Bonchev–Trinajstić information content (AvgIpc) is 2.47. The first-order valence-electron chi connectivity index (χ1n) is 5.93. The molecule has 0 amide bonds. The zero-order valence-corrected chi connectivity index (χ0v) is 10.1. The van der Waals surface area contributed by atoms with E-state index in [2.05, 4.69) is 4.98 Å². The van der Waals surface area contributed by atoms with Gasteiger partial charge in [-0.2, -0.15) is 0 Å². The molecule has 0 atom stereocenters. The Labute approximate surface area is 110 Å². The molecule has 19 heavy (non-hydrogen) atoms. The Hall–Kier alpha value is -2.68. The van der Waals surface area contributed by atoms with Crippen molar-refractivity contribution in [3.63, 3.8) is 0 Å². The van der Waals surface area contributed by atoms with Gasteiger partial charge in [0.15, 0.2) is 0 Å². The first-order chi connectivity index (χ1) is 9.25. The highest BCUT2D eigenvalue weighted by atomic mass is 16.4. The third-order valence-corrected chi connectivity index (χ3v) is 3.05. The van der Waals surface area contributed by atoms with Crippen LogP contribution in [0.25, 0.3) is 22.0 Å². The van der Waals surface area contributed by atoms with Crippen LogP contribution in [0.5, 0.6) is 0 Å². The number of benzene rings is 2. The molecule has 0 saturated heterocycles. The second kappa shape index (κ2) is 4.53. The van der Waals surface area contributed by atoms with Crippen LogP contribution in [-0.4, -0.2) is 16.1 Å². The van der Waals surface area contributed by atoms with Gasteiger partial charge in [-0.1, -0.05) is 42.5 Å². The molecule has 0 unspecified atom stereocenters. The van der Waals surface area contributed by atoms with E-state index in [9.17, 15) is 4.79 Å². The fourth-order valence-electron chi connectivity index (χ4n) is 2.12. The zero-order valence-electron chi connectivity index (χ0n) is 10.1. The first-order valence-corrected chi connectivity index (χ1v) is 5.93. The van der Waals surface area contributed by atoms with Crippen LogP contribution in [-0.2, 0) is 0 Å². The van der Waals surface area contributed by atoms with Gasteiger partial charge in [-0.25, -0.2) is 4.79 Å². The van der Waals surface area contributed by atoms with Crippen LogP contribution in [0.3, 0.4) is 0 Å². The highest BCUT2D eigenvalue weighted by Gasteiger charge is 2.09. The highest BCUT2D eigenvalue weighted by molar-refractivity contribution is 6.02. The van der Waals surface area contributed by atoms with Gasteiger partial charge in [0.05, 0.1) is 11.1 Å². The van der Waals surface area contributed by atoms with E-state index in [1.165, 1.54) is 0 Å². The van der Waals surface area contributed by atoms with E-state index in [1.54, 1.807) is 18.3 Å². The topological polar surface area (TPSA) is 50.2 Å². The second-order valence-corrected chi connectivity index (χ2v) is 4.27. The summed E-state index contributed by atoms with van der Waals surface area (Å²) < 4.78 is 0. The largest absolute Gasteiger partial charge is 0.478 e. The predicted octanol–water partition coefficient (Wildman–Crippen LogP) is 3.60. The van der Waals surface area contributed by atoms with Crippen molar-refractivity contribution in [1.82, 2.24) is 4.98 Å². The smallest absolute Gasteiger partial charge is 0.337 e. The Bertz CT molecular complexity index is 751. The maximum Gasteiger partial charge on any atom is 0.337 e. The molecule has 0 aliphatic rings. The summed E-state index contributed by atoms with van der Waals surface area (Å²) in [4.78, 5) is 15.4. The Morgan fingerprint density at radius 3 is 2.47 bits per heavy atom. The lowest BCUT2D eigenvalue weighted by Crippen LogP contribution is -1.98. The number of nitrogens with zero attached hydrogens (tertiary/aromatic N) is 1. The molecule has 0 aliphatic heterocycles. The standard InChI is InChI=1S/C16H11NO2/c18-16(19)14-8-4-7-12-9-13(10-17-15(12)14)11-5-2-1-3-6-11/h1-10H,(H,18,19). The first kappa shape index (κ1) is 11.4. The van der Waals surface area contributed by atoms with Gasteiger partial charge in [-0.15, -0.1) is 0 Å². The molecule has 0 fully saturated rings. The van der Waals surface area contributed by atoms with Gasteiger partial charge in [0.2, 0.25) is 0 Å².